The summed E-state index contributed by atoms with van der Waals surface area (Å²) in [7, 11) is 3.02. The average molecular weight is 382 g/mol. The highest BCUT2D eigenvalue weighted by atomic mass is 16.6. The molecule has 6 heteroatoms. The summed E-state index contributed by atoms with van der Waals surface area (Å²) in [6.45, 7) is 0. The molecular formula is C22H22O6. The molecule has 0 aromatic heterocycles. The number of hydrogen-bond acceptors (Lipinski definition) is 6. The van der Waals surface area contributed by atoms with Crippen LogP contribution in [0.5, 0.6) is 11.5 Å². The van der Waals surface area contributed by atoms with Crippen molar-refractivity contribution >= 4 is 11.8 Å². The van der Waals surface area contributed by atoms with Crippen LogP contribution >= 0.6 is 0 Å². The van der Waals surface area contributed by atoms with E-state index in [1.165, 1.54) is 14.2 Å². The van der Waals surface area contributed by atoms with Gasteiger partial charge in [-0.15, -0.1) is 0 Å². The van der Waals surface area contributed by atoms with Crippen LogP contribution in [0.1, 0.15) is 17.5 Å². The van der Waals surface area contributed by atoms with E-state index >= 15 is 0 Å². The van der Waals surface area contributed by atoms with Crippen molar-refractivity contribution < 1.29 is 28.9 Å². The lowest BCUT2D eigenvalue weighted by Crippen LogP contribution is -2.14. The fraction of sp³-hybridized carbons (Fsp3) is 0.273. The van der Waals surface area contributed by atoms with Crippen LogP contribution in [-0.4, -0.2) is 37.2 Å². The molecule has 146 valence electrons. The third kappa shape index (κ3) is 4.17. The second kappa shape index (κ2) is 8.61. The van der Waals surface area contributed by atoms with Crippen LogP contribution in [-0.2, 0) is 27.2 Å². The number of aryl methyl sites for hydroxylation is 1. The summed E-state index contributed by atoms with van der Waals surface area (Å²) in [6.07, 6.45) is 0.105. The second-order valence-electron chi connectivity index (χ2n) is 6.46. The summed E-state index contributed by atoms with van der Waals surface area (Å²) in [5, 5.41) is 10.4. The van der Waals surface area contributed by atoms with Gasteiger partial charge in [-0.25, -0.2) is 4.79 Å². The Morgan fingerprint density at radius 1 is 1.11 bits per heavy atom. The molecule has 2 aromatic rings. The minimum absolute atomic E-state index is 0.111. The number of carbonyl (C=O) groups is 2. The zero-order chi connectivity index (χ0) is 20.1. The molecule has 1 unspecified atom stereocenters. The van der Waals surface area contributed by atoms with Gasteiger partial charge in [0, 0.05) is 12.0 Å². The quantitative estimate of drug-likeness (QED) is 0.558. The van der Waals surface area contributed by atoms with Gasteiger partial charge in [-0.3, -0.25) is 4.79 Å². The molecule has 0 spiro atoms. The zero-order valence-corrected chi connectivity index (χ0v) is 15.8. The van der Waals surface area contributed by atoms with Crippen molar-refractivity contribution in [3.05, 3.63) is 71.0 Å². The fourth-order valence-corrected chi connectivity index (χ4v) is 3.19. The Bertz CT molecular complexity index is 900. The first-order valence-corrected chi connectivity index (χ1v) is 8.95. The summed E-state index contributed by atoms with van der Waals surface area (Å²) in [4.78, 5) is 24.9. The Morgan fingerprint density at radius 3 is 2.54 bits per heavy atom. The minimum atomic E-state index is -0.807. The van der Waals surface area contributed by atoms with Crippen molar-refractivity contribution in [2.75, 3.05) is 14.2 Å². The maximum Gasteiger partial charge on any atom is 0.346 e. The second-order valence-corrected chi connectivity index (χ2v) is 6.46. The van der Waals surface area contributed by atoms with Gasteiger partial charge in [-0.05, 0) is 36.6 Å². The van der Waals surface area contributed by atoms with E-state index in [4.69, 9.17) is 14.2 Å². The molecule has 1 heterocycles. The highest BCUT2D eigenvalue weighted by Gasteiger charge is 2.38. The van der Waals surface area contributed by atoms with Crippen molar-refractivity contribution in [3.63, 3.8) is 0 Å². The molecule has 6 nitrogen and oxygen atoms in total. The predicted molar refractivity (Wildman–Crippen MR) is 103 cm³/mol. The van der Waals surface area contributed by atoms with Crippen molar-refractivity contribution in [3.8, 4) is 11.5 Å². The molecule has 3 rings (SSSR count). The number of rotatable bonds is 8. The van der Waals surface area contributed by atoms with E-state index in [0.29, 0.717) is 29.9 Å². The van der Waals surface area contributed by atoms with Crippen LogP contribution in [0.4, 0.5) is 0 Å². The zero-order valence-electron chi connectivity index (χ0n) is 15.8. The maximum atomic E-state index is 12.7. The van der Waals surface area contributed by atoms with Gasteiger partial charge < -0.3 is 19.3 Å². The topological polar surface area (TPSA) is 82.1 Å². The van der Waals surface area contributed by atoms with Gasteiger partial charge in [0.1, 0.15) is 17.1 Å². The SMILES string of the molecule is COc1ccc(OC)c(CC(=O)C2=C(O)C(CCc3ccccc3)OC2=O)c1. The summed E-state index contributed by atoms with van der Waals surface area (Å²) in [5.41, 5.74) is 1.34. The van der Waals surface area contributed by atoms with E-state index < -0.39 is 17.9 Å². The molecule has 0 saturated heterocycles. The van der Waals surface area contributed by atoms with Crippen LogP contribution in [0, 0.1) is 0 Å². The molecule has 1 N–H and O–H groups in total. The third-order valence-corrected chi connectivity index (χ3v) is 4.67. The molecule has 0 amide bonds. The molecule has 1 aliphatic rings. The van der Waals surface area contributed by atoms with E-state index in [9.17, 15) is 14.7 Å². The van der Waals surface area contributed by atoms with Crippen LogP contribution in [0.2, 0.25) is 0 Å². The normalized spacial score (nSPS) is 16.1. The molecule has 0 fully saturated rings. The molecule has 2 aromatic carbocycles. The number of aliphatic hydroxyl groups is 1. The number of aliphatic hydroxyl groups excluding tert-OH is 1. The largest absolute Gasteiger partial charge is 0.507 e. The molecule has 1 aliphatic heterocycles. The van der Waals surface area contributed by atoms with Crippen molar-refractivity contribution in [1.82, 2.24) is 0 Å². The monoisotopic (exact) mass is 382 g/mol. The van der Waals surface area contributed by atoms with Crippen molar-refractivity contribution in [2.45, 2.75) is 25.4 Å². The number of carbonyl (C=O) groups excluding carboxylic acids is 2. The smallest absolute Gasteiger partial charge is 0.346 e. The number of ketones is 1. The number of benzene rings is 2. The van der Waals surface area contributed by atoms with E-state index in [1.54, 1.807) is 18.2 Å². The van der Waals surface area contributed by atoms with Gasteiger partial charge in [0.15, 0.2) is 17.6 Å². The highest BCUT2D eigenvalue weighted by Crippen LogP contribution is 2.29. The molecule has 1 atom stereocenters. The Hall–Kier alpha value is -3.28. The third-order valence-electron chi connectivity index (χ3n) is 4.67. The fourth-order valence-electron chi connectivity index (χ4n) is 3.19. The van der Waals surface area contributed by atoms with Crippen molar-refractivity contribution in [2.24, 2.45) is 0 Å². The highest BCUT2D eigenvalue weighted by molar-refractivity contribution is 6.19. The lowest BCUT2D eigenvalue weighted by Gasteiger charge is -2.10. The number of Topliss-reactive ketones (excluding diaryl/α,β-unsaturated/α-hetero) is 1. The molecule has 0 saturated carbocycles. The van der Waals surface area contributed by atoms with Crippen LogP contribution in [0.3, 0.4) is 0 Å². The molecule has 0 bridgehead atoms. The molecular weight excluding hydrogens is 360 g/mol. The number of ether oxygens (including phenoxy) is 3. The first kappa shape index (κ1) is 19.5. The maximum absolute atomic E-state index is 12.7. The summed E-state index contributed by atoms with van der Waals surface area (Å²) >= 11 is 0. The lowest BCUT2D eigenvalue weighted by atomic mass is 9.99. The van der Waals surface area contributed by atoms with Gasteiger partial charge in [0.2, 0.25) is 0 Å². The minimum Gasteiger partial charge on any atom is -0.507 e. The first-order valence-electron chi connectivity index (χ1n) is 8.95. The Labute approximate surface area is 163 Å². The Balaban J connectivity index is 1.75. The van der Waals surface area contributed by atoms with Crippen LogP contribution in [0.15, 0.2) is 59.9 Å². The van der Waals surface area contributed by atoms with Gasteiger partial charge in [-0.1, -0.05) is 30.3 Å². The van der Waals surface area contributed by atoms with E-state index in [2.05, 4.69) is 0 Å². The molecule has 0 aliphatic carbocycles. The van der Waals surface area contributed by atoms with Crippen molar-refractivity contribution in [1.29, 1.82) is 0 Å². The number of hydrogen-bond donors (Lipinski definition) is 1. The number of esters is 1. The van der Waals surface area contributed by atoms with Gasteiger partial charge >= 0.3 is 5.97 Å². The standard InChI is InChI=1S/C22H22O6/c1-26-16-9-11-18(27-2)15(12-16)13-17(23)20-21(24)19(28-22(20)25)10-8-14-6-4-3-5-7-14/h3-7,9,11-12,19,24H,8,10,13H2,1-2H3. The summed E-state index contributed by atoms with van der Waals surface area (Å²) < 4.78 is 15.7. The lowest BCUT2D eigenvalue weighted by molar-refractivity contribution is -0.141. The van der Waals surface area contributed by atoms with E-state index in [-0.39, 0.29) is 17.8 Å². The summed E-state index contributed by atoms with van der Waals surface area (Å²) in [6, 6.07) is 14.7. The van der Waals surface area contributed by atoms with Gasteiger partial charge in [-0.2, -0.15) is 0 Å². The summed E-state index contributed by atoms with van der Waals surface area (Å²) in [5.74, 6) is -0.538. The molecule has 0 radical (unpaired) electrons. The first-order chi connectivity index (χ1) is 13.5. The average Bonchev–Trinajstić information content (AvgIpc) is 3.00. The Morgan fingerprint density at radius 2 is 1.86 bits per heavy atom. The van der Waals surface area contributed by atoms with Gasteiger partial charge in [0.25, 0.3) is 0 Å². The van der Waals surface area contributed by atoms with E-state index in [1.807, 2.05) is 30.3 Å². The Kier molecular flexibility index (Phi) is 5.99. The number of methoxy groups -OCH3 is 2. The van der Waals surface area contributed by atoms with Crippen LogP contribution < -0.4 is 9.47 Å². The van der Waals surface area contributed by atoms with E-state index in [0.717, 1.165) is 5.56 Å². The number of cyclic esters (lactones) is 1. The predicted octanol–water partition coefficient (Wildman–Crippen LogP) is 3.19. The molecule has 28 heavy (non-hydrogen) atoms. The van der Waals surface area contributed by atoms with Crippen LogP contribution in [0.25, 0.3) is 0 Å². The van der Waals surface area contributed by atoms with Gasteiger partial charge in [0.05, 0.1) is 14.2 Å².